The number of pyridine rings is 1. The first-order valence-electron chi connectivity index (χ1n) is 5.79. The predicted molar refractivity (Wildman–Crippen MR) is 69.6 cm³/mol. The van der Waals surface area contributed by atoms with E-state index in [4.69, 9.17) is 0 Å². The number of carboxylic acids is 1. The summed E-state index contributed by atoms with van der Waals surface area (Å²) in [6.45, 7) is 3.02. The molecular weight excluding hydrogens is 284 g/mol. The molecule has 1 unspecified atom stereocenters. The molecule has 0 saturated carbocycles. The molecule has 1 aliphatic heterocycles. The topological polar surface area (TPSA) is 53.4 Å². The Morgan fingerprint density at radius 3 is 3.12 bits per heavy atom. The Morgan fingerprint density at radius 1 is 1.71 bits per heavy atom. The molecule has 0 aromatic carbocycles. The van der Waals surface area contributed by atoms with Crippen LogP contribution in [-0.2, 0) is 0 Å². The summed E-state index contributed by atoms with van der Waals surface area (Å²) < 4.78 is 0.700. The van der Waals surface area contributed by atoms with Gasteiger partial charge in [-0.3, -0.25) is 0 Å². The molecule has 0 spiro atoms. The van der Waals surface area contributed by atoms with Gasteiger partial charge in [-0.1, -0.05) is 6.92 Å². The van der Waals surface area contributed by atoms with E-state index in [0.29, 0.717) is 16.3 Å². The quantitative estimate of drug-likeness (QED) is 0.932. The van der Waals surface area contributed by atoms with Crippen molar-refractivity contribution >= 4 is 27.7 Å². The monoisotopic (exact) mass is 298 g/mol. The Labute approximate surface area is 109 Å². The van der Waals surface area contributed by atoms with Crippen molar-refractivity contribution in [2.24, 2.45) is 0 Å². The van der Waals surface area contributed by atoms with Crippen LogP contribution in [0.3, 0.4) is 0 Å². The molecule has 1 aromatic heterocycles. The van der Waals surface area contributed by atoms with Gasteiger partial charge >= 0.3 is 5.97 Å². The van der Waals surface area contributed by atoms with Crippen LogP contribution in [0, 0.1) is 0 Å². The van der Waals surface area contributed by atoms with E-state index in [-0.39, 0.29) is 5.56 Å². The summed E-state index contributed by atoms with van der Waals surface area (Å²) in [5.74, 6) is -0.319. The van der Waals surface area contributed by atoms with Crippen molar-refractivity contribution < 1.29 is 9.90 Å². The number of aromatic nitrogens is 1. The lowest BCUT2D eigenvalue weighted by molar-refractivity contribution is 0.0697. The lowest BCUT2D eigenvalue weighted by Crippen LogP contribution is -2.30. The van der Waals surface area contributed by atoms with Crippen LogP contribution < -0.4 is 4.90 Å². The van der Waals surface area contributed by atoms with E-state index >= 15 is 0 Å². The maximum atomic E-state index is 11.2. The van der Waals surface area contributed by atoms with Crippen molar-refractivity contribution in [2.75, 3.05) is 11.4 Å². The Kier molecular flexibility index (Phi) is 3.66. The van der Waals surface area contributed by atoms with E-state index < -0.39 is 5.97 Å². The van der Waals surface area contributed by atoms with Crippen molar-refractivity contribution in [1.29, 1.82) is 0 Å². The van der Waals surface area contributed by atoms with Crippen LogP contribution in [0.5, 0.6) is 0 Å². The Morgan fingerprint density at radius 2 is 2.47 bits per heavy atom. The van der Waals surface area contributed by atoms with Crippen LogP contribution in [0.1, 0.15) is 36.5 Å². The highest BCUT2D eigenvalue weighted by atomic mass is 79.9. The fourth-order valence-corrected chi connectivity index (χ4v) is 2.69. The minimum atomic E-state index is -0.921. The fraction of sp³-hybridized carbons (Fsp3) is 0.500. The number of hydrogen-bond donors (Lipinski definition) is 1. The second-order valence-corrected chi connectivity index (χ2v) is 5.14. The highest BCUT2D eigenvalue weighted by molar-refractivity contribution is 9.10. The van der Waals surface area contributed by atoms with Crippen molar-refractivity contribution in [3.05, 3.63) is 22.3 Å². The van der Waals surface area contributed by atoms with Gasteiger partial charge in [0.25, 0.3) is 0 Å². The number of rotatable bonds is 3. The van der Waals surface area contributed by atoms with Gasteiger partial charge < -0.3 is 10.0 Å². The van der Waals surface area contributed by atoms with E-state index in [1.165, 1.54) is 0 Å². The Bertz CT molecular complexity index is 437. The molecule has 1 fully saturated rings. The number of carbonyl (C=O) groups is 1. The van der Waals surface area contributed by atoms with Crippen LogP contribution in [-0.4, -0.2) is 28.6 Å². The highest BCUT2D eigenvalue weighted by Crippen LogP contribution is 2.29. The van der Waals surface area contributed by atoms with Crippen molar-refractivity contribution in [1.82, 2.24) is 4.98 Å². The first-order valence-corrected chi connectivity index (χ1v) is 6.58. The predicted octanol–water partition coefficient (Wildman–Crippen LogP) is 2.92. The van der Waals surface area contributed by atoms with Crippen LogP contribution >= 0.6 is 15.9 Å². The summed E-state index contributed by atoms with van der Waals surface area (Å²) in [5.41, 5.74) is 0.278. The third kappa shape index (κ3) is 2.44. The van der Waals surface area contributed by atoms with Gasteiger partial charge in [-0.05, 0) is 41.3 Å². The minimum absolute atomic E-state index is 0.278. The molecule has 1 aromatic rings. The van der Waals surface area contributed by atoms with Crippen LogP contribution in [0.25, 0.3) is 0 Å². The number of hydrogen-bond acceptors (Lipinski definition) is 3. The molecule has 92 valence electrons. The molecule has 0 radical (unpaired) electrons. The average molecular weight is 299 g/mol. The molecule has 0 amide bonds. The van der Waals surface area contributed by atoms with Gasteiger partial charge in [0.2, 0.25) is 0 Å². The standard InChI is InChI=1S/C12H15BrN2O2/c1-2-9-4-3-5-15(9)11-10(12(16)17)6-8(13)7-14-11/h6-7,9H,2-5H2,1H3,(H,16,17). The smallest absolute Gasteiger partial charge is 0.339 e. The molecule has 4 nitrogen and oxygen atoms in total. The van der Waals surface area contributed by atoms with Crippen molar-refractivity contribution in [2.45, 2.75) is 32.2 Å². The zero-order chi connectivity index (χ0) is 12.4. The molecule has 1 N–H and O–H groups in total. The highest BCUT2D eigenvalue weighted by Gasteiger charge is 2.27. The molecule has 2 heterocycles. The normalized spacial score (nSPS) is 19.6. The van der Waals surface area contributed by atoms with Crippen molar-refractivity contribution in [3.8, 4) is 0 Å². The van der Waals surface area contributed by atoms with Crippen LogP contribution in [0.2, 0.25) is 0 Å². The summed E-state index contributed by atoms with van der Waals surface area (Å²) in [6.07, 6.45) is 4.91. The fourth-order valence-electron chi connectivity index (χ4n) is 2.36. The number of anilines is 1. The van der Waals surface area contributed by atoms with Gasteiger partial charge in [0.1, 0.15) is 11.4 Å². The van der Waals surface area contributed by atoms with Gasteiger partial charge in [-0.25, -0.2) is 9.78 Å². The third-order valence-corrected chi connectivity index (χ3v) is 3.62. The van der Waals surface area contributed by atoms with E-state index in [0.717, 1.165) is 25.8 Å². The SMILES string of the molecule is CCC1CCCN1c1ncc(Br)cc1C(=O)O. The molecule has 1 aliphatic rings. The van der Waals surface area contributed by atoms with Gasteiger partial charge in [0.15, 0.2) is 0 Å². The van der Waals surface area contributed by atoms with E-state index in [9.17, 15) is 9.90 Å². The molecule has 1 saturated heterocycles. The van der Waals surface area contributed by atoms with Gasteiger partial charge in [0, 0.05) is 23.3 Å². The second-order valence-electron chi connectivity index (χ2n) is 4.23. The molecule has 5 heteroatoms. The molecule has 0 bridgehead atoms. The van der Waals surface area contributed by atoms with Gasteiger partial charge in [-0.2, -0.15) is 0 Å². The van der Waals surface area contributed by atoms with Crippen molar-refractivity contribution in [3.63, 3.8) is 0 Å². The van der Waals surface area contributed by atoms with E-state index in [1.807, 2.05) is 0 Å². The van der Waals surface area contributed by atoms with E-state index in [1.54, 1.807) is 12.3 Å². The number of carboxylic acid groups (broad SMARTS) is 1. The molecule has 17 heavy (non-hydrogen) atoms. The molecule has 0 aliphatic carbocycles. The van der Waals surface area contributed by atoms with E-state index in [2.05, 4.69) is 32.7 Å². The second kappa shape index (κ2) is 5.04. The lowest BCUT2D eigenvalue weighted by atomic mass is 10.1. The molecule has 2 rings (SSSR count). The summed E-state index contributed by atoms with van der Waals surface area (Å²) in [4.78, 5) is 17.6. The molecular formula is C12H15BrN2O2. The van der Waals surface area contributed by atoms with Crippen LogP contribution in [0.15, 0.2) is 16.7 Å². The summed E-state index contributed by atoms with van der Waals surface area (Å²) in [7, 11) is 0. The van der Waals surface area contributed by atoms with Gasteiger partial charge in [0.05, 0.1) is 0 Å². The Hall–Kier alpha value is -1.10. The zero-order valence-electron chi connectivity index (χ0n) is 9.69. The maximum absolute atomic E-state index is 11.2. The Balaban J connectivity index is 2.40. The summed E-state index contributed by atoms with van der Waals surface area (Å²) in [5, 5.41) is 9.22. The third-order valence-electron chi connectivity index (χ3n) is 3.18. The number of aromatic carboxylic acids is 1. The summed E-state index contributed by atoms with van der Waals surface area (Å²) >= 11 is 3.26. The summed E-state index contributed by atoms with van der Waals surface area (Å²) in [6, 6.07) is 2.04. The van der Waals surface area contributed by atoms with Gasteiger partial charge in [-0.15, -0.1) is 0 Å². The zero-order valence-corrected chi connectivity index (χ0v) is 11.3. The molecule has 1 atom stereocenters. The maximum Gasteiger partial charge on any atom is 0.339 e. The number of nitrogens with zero attached hydrogens (tertiary/aromatic N) is 2. The van der Waals surface area contributed by atoms with Crippen LogP contribution in [0.4, 0.5) is 5.82 Å². The minimum Gasteiger partial charge on any atom is -0.478 e. The largest absolute Gasteiger partial charge is 0.478 e. The number of halogens is 1. The first-order chi connectivity index (χ1) is 8.13. The first kappa shape index (κ1) is 12.4. The average Bonchev–Trinajstić information content (AvgIpc) is 2.76. The lowest BCUT2D eigenvalue weighted by Gasteiger charge is -2.26.